The summed E-state index contributed by atoms with van der Waals surface area (Å²) in [6.45, 7) is 7.76. The van der Waals surface area contributed by atoms with Crippen LogP contribution in [0.2, 0.25) is 0 Å². The van der Waals surface area contributed by atoms with Crippen LogP contribution in [-0.4, -0.2) is 31.2 Å². The molecule has 0 saturated carbocycles. The van der Waals surface area contributed by atoms with E-state index in [0.717, 1.165) is 43.4 Å². The lowest BCUT2D eigenvalue weighted by Gasteiger charge is -2.27. The predicted octanol–water partition coefficient (Wildman–Crippen LogP) is 3.77. The zero-order valence-electron chi connectivity index (χ0n) is 15.5. The fraction of sp³-hybridized carbons (Fsp3) is 0.400. The van der Waals surface area contributed by atoms with Crippen LogP contribution < -0.4 is 0 Å². The number of fused-ring (bicyclic) bond motifs is 1. The maximum absolute atomic E-state index is 13.6. The van der Waals surface area contributed by atoms with Crippen LogP contribution in [0.3, 0.4) is 0 Å². The minimum Gasteiger partial charge on any atom is -0.333 e. The first-order chi connectivity index (χ1) is 13.0. The third-order valence-corrected chi connectivity index (χ3v) is 4.95. The first kappa shape index (κ1) is 17.9. The number of hydrogen-bond acceptors (Lipinski definition) is 3. The molecule has 7 heteroatoms. The highest BCUT2D eigenvalue weighted by molar-refractivity contribution is 5.64. The SMILES string of the molecule is CC(C)Cn1cncc1CN1CCc2[nH]nc(-c3ccc(F)c(F)c3)c2C1. The van der Waals surface area contributed by atoms with Crippen molar-refractivity contribution in [3.8, 4) is 11.3 Å². The van der Waals surface area contributed by atoms with Crippen LogP contribution in [0.5, 0.6) is 0 Å². The van der Waals surface area contributed by atoms with Crippen LogP contribution in [0.4, 0.5) is 8.78 Å². The van der Waals surface area contributed by atoms with Crippen LogP contribution >= 0.6 is 0 Å². The summed E-state index contributed by atoms with van der Waals surface area (Å²) in [4.78, 5) is 6.64. The maximum atomic E-state index is 13.6. The van der Waals surface area contributed by atoms with E-state index in [1.165, 1.54) is 11.8 Å². The highest BCUT2D eigenvalue weighted by Crippen LogP contribution is 2.29. The fourth-order valence-corrected chi connectivity index (χ4v) is 3.63. The van der Waals surface area contributed by atoms with Crippen LogP contribution in [0.15, 0.2) is 30.7 Å². The van der Waals surface area contributed by atoms with Gasteiger partial charge in [0.15, 0.2) is 11.6 Å². The van der Waals surface area contributed by atoms with Gasteiger partial charge >= 0.3 is 0 Å². The van der Waals surface area contributed by atoms with E-state index in [0.29, 0.717) is 23.7 Å². The Balaban J connectivity index is 1.56. The van der Waals surface area contributed by atoms with Gasteiger partial charge < -0.3 is 4.57 Å². The maximum Gasteiger partial charge on any atom is 0.159 e. The summed E-state index contributed by atoms with van der Waals surface area (Å²) in [6.07, 6.45) is 4.66. The molecule has 0 amide bonds. The summed E-state index contributed by atoms with van der Waals surface area (Å²) in [7, 11) is 0. The van der Waals surface area contributed by atoms with E-state index in [1.54, 1.807) is 6.07 Å². The standard InChI is InChI=1S/C20H23F2N5/c1-13(2)9-27-12-23-8-15(27)10-26-6-5-19-16(11-26)20(25-24-19)14-3-4-17(21)18(22)7-14/h3-4,7-8,12-13H,5-6,9-11H2,1-2H3,(H,24,25). The van der Waals surface area contributed by atoms with E-state index in [4.69, 9.17) is 0 Å². The van der Waals surface area contributed by atoms with E-state index in [9.17, 15) is 8.78 Å². The third kappa shape index (κ3) is 3.64. The zero-order valence-corrected chi connectivity index (χ0v) is 15.5. The largest absolute Gasteiger partial charge is 0.333 e. The molecule has 1 N–H and O–H groups in total. The summed E-state index contributed by atoms with van der Waals surface area (Å²) in [5, 5.41) is 7.43. The van der Waals surface area contributed by atoms with Gasteiger partial charge in [0.2, 0.25) is 0 Å². The van der Waals surface area contributed by atoms with Gasteiger partial charge in [-0.3, -0.25) is 10.00 Å². The van der Waals surface area contributed by atoms with Crippen molar-refractivity contribution in [1.29, 1.82) is 0 Å². The average molecular weight is 371 g/mol. The second-order valence-electron chi connectivity index (χ2n) is 7.55. The molecule has 1 aliphatic rings. The molecule has 0 spiro atoms. The first-order valence-electron chi connectivity index (χ1n) is 9.24. The number of aromatic nitrogens is 4. The van der Waals surface area contributed by atoms with Crippen LogP contribution in [0.25, 0.3) is 11.3 Å². The molecule has 3 aromatic rings. The second-order valence-corrected chi connectivity index (χ2v) is 7.55. The number of nitrogens with zero attached hydrogens (tertiary/aromatic N) is 4. The molecule has 0 aliphatic carbocycles. The molecule has 0 atom stereocenters. The average Bonchev–Trinajstić information content (AvgIpc) is 3.24. The molecule has 0 radical (unpaired) electrons. The molecule has 142 valence electrons. The van der Waals surface area contributed by atoms with E-state index in [-0.39, 0.29) is 0 Å². The fourth-order valence-electron chi connectivity index (χ4n) is 3.63. The highest BCUT2D eigenvalue weighted by Gasteiger charge is 2.24. The van der Waals surface area contributed by atoms with Crippen molar-refractivity contribution < 1.29 is 8.78 Å². The number of hydrogen-bond donors (Lipinski definition) is 1. The Hall–Kier alpha value is -2.54. The highest BCUT2D eigenvalue weighted by atomic mass is 19.2. The molecule has 4 rings (SSSR count). The van der Waals surface area contributed by atoms with Gasteiger partial charge in [-0.05, 0) is 24.1 Å². The molecular weight excluding hydrogens is 348 g/mol. The third-order valence-electron chi connectivity index (χ3n) is 4.95. The Morgan fingerprint density at radius 3 is 2.85 bits per heavy atom. The minimum atomic E-state index is -0.852. The Morgan fingerprint density at radius 1 is 1.22 bits per heavy atom. The van der Waals surface area contributed by atoms with E-state index in [1.807, 2.05) is 12.5 Å². The molecular formula is C20H23F2N5. The Morgan fingerprint density at radius 2 is 2.07 bits per heavy atom. The summed E-state index contributed by atoms with van der Waals surface area (Å²) in [5.74, 6) is -1.14. The summed E-state index contributed by atoms with van der Waals surface area (Å²) in [5.41, 5.74) is 4.61. The van der Waals surface area contributed by atoms with Crippen molar-refractivity contribution in [1.82, 2.24) is 24.6 Å². The van der Waals surface area contributed by atoms with E-state index < -0.39 is 11.6 Å². The quantitative estimate of drug-likeness (QED) is 0.743. The number of nitrogens with one attached hydrogen (secondary N) is 1. The number of H-pyrrole nitrogens is 1. The molecule has 0 saturated heterocycles. The normalized spacial score (nSPS) is 14.7. The first-order valence-corrected chi connectivity index (χ1v) is 9.24. The van der Waals surface area contributed by atoms with Gasteiger partial charge in [-0.1, -0.05) is 13.8 Å². The molecule has 5 nitrogen and oxygen atoms in total. The minimum absolute atomic E-state index is 0.555. The smallest absolute Gasteiger partial charge is 0.159 e. The molecule has 0 bridgehead atoms. The van der Waals surface area contributed by atoms with Gasteiger partial charge in [0.25, 0.3) is 0 Å². The van der Waals surface area contributed by atoms with Crippen molar-refractivity contribution in [2.75, 3.05) is 6.54 Å². The van der Waals surface area contributed by atoms with Gasteiger partial charge in [-0.15, -0.1) is 0 Å². The number of halogens is 2. The van der Waals surface area contributed by atoms with Gasteiger partial charge in [-0.2, -0.15) is 5.10 Å². The molecule has 3 heterocycles. The number of rotatable bonds is 5. The van der Waals surface area contributed by atoms with Gasteiger partial charge in [0.05, 0.1) is 17.7 Å². The Labute approximate surface area is 157 Å². The van der Waals surface area contributed by atoms with Crippen molar-refractivity contribution in [3.63, 3.8) is 0 Å². The summed E-state index contributed by atoms with van der Waals surface area (Å²) < 4.78 is 29.1. The Kier molecular flexibility index (Phi) is 4.78. The number of imidazole rings is 1. The second kappa shape index (κ2) is 7.23. The van der Waals surface area contributed by atoms with Gasteiger partial charge in [0.1, 0.15) is 0 Å². The molecule has 1 aliphatic heterocycles. The van der Waals surface area contributed by atoms with Gasteiger partial charge in [0, 0.05) is 55.6 Å². The molecule has 27 heavy (non-hydrogen) atoms. The summed E-state index contributed by atoms with van der Waals surface area (Å²) in [6, 6.07) is 3.94. The van der Waals surface area contributed by atoms with Crippen molar-refractivity contribution >= 4 is 0 Å². The lowest BCUT2D eigenvalue weighted by Crippen LogP contribution is -2.31. The van der Waals surface area contributed by atoms with Crippen molar-refractivity contribution in [2.24, 2.45) is 5.92 Å². The molecule has 1 aromatic carbocycles. The Bertz CT molecular complexity index is 944. The molecule has 0 unspecified atom stereocenters. The lowest BCUT2D eigenvalue weighted by atomic mass is 10.0. The topological polar surface area (TPSA) is 49.7 Å². The zero-order chi connectivity index (χ0) is 19.0. The molecule has 0 fully saturated rings. The van der Waals surface area contributed by atoms with E-state index >= 15 is 0 Å². The predicted molar refractivity (Wildman–Crippen MR) is 98.8 cm³/mol. The molecule has 2 aromatic heterocycles. The van der Waals surface area contributed by atoms with Crippen molar-refractivity contribution in [2.45, 2.75) is 39.9 Å². The van der Waals surface area contributed by atoms with Crippen LogP contribution in [0.1, 0.15) is 30.8 Å². The number of benzene rings is 1. The summed E-state index contributed by atoms with van der Waals surface area (Å²) >= 11 is 0. The monoisotopic (exact) mass is 371 g/mol. The van der Waals surface area contributed by atoms with Gasteiger partial charge in [-0.25, -0.2) is 13.8 Å². The number of aromatic amines is 1. The lowest BCUT2D eigenvalue weighted by molar-refractivity contribution is 0.237. The van der Waals surface area contributed by atoms with Crippen molar-refractivity contribution in [3.05, 3.63) is 59.3 Å². The van der Waals surface area contributed by atoms with Crippen LogP contribution in [-0.2, 0) is 26.1 Å². The van der Waals surface area contributed by atoms with Crippen LogP contribution in [0, 0.1) is 17.6 Å². The van der Waals surface area contributed by atoms with E-state index in [2.05, 4.69) is 38.5 Å².